The van der Waals surface area contributed by atoms with E-state index in [1.165, 1.54) is 0 Å². The van der Waals surface area contributed by atoms with Crippen LogP contribution >= 0.6 is 0 Å². The second kappa shape index (κ2) is 8.89. The molecule has 1 aliphatic heterocycles. The number of ether oxygens (including phenoxy) is 2. The number of methoxy groups -OCH3 is 2. The van der Waals surface area contributed by atoms with Crippen LogP contribution in [0, 0.1) is 0 Å². The van der Waals surface area contributed by atoms with Gasteiger partial charge in [0.25, 0.3) is 5.56 Å². The normalized spacial score (nSPS) is 15.6. The summed E-state index contributed by atoms with van der Waals surface area (Å²) in [6, 6.07) is 3.54. The van der Waals surface area contributed by atoms with Crippen LogP contribution in [0.4, 0.5) is 0 Å². The van der Waals surface area contributed by atoms with Crippen LogP contribution in [0.1, 0.15) is 16.7 Å². The van der Waals surface area contributed by atoms with Gasteiger partial charge in [0.05, 0.1) is 25.8 Å². The third-order valence-electron chi connectivity index (χ3n) is 5.48. The van der Waals surface area contributed by atoms with Gasteiger partial charge in [0.1, 0.15) is 11.5 Å². The summed E-state index contributed by atoms with van der Waals surface area (Å²) in [5, 5.41) is 5.90. The number of aryl methyl sites for hydroxylation is 1. The molecule has 8 heteroatoms. The topological polar surface area (TPSA) is 84.8 Å². The molecule has 2 aromatic rings. The molecule has 0 fully saturated rings. The quantitative estimate of drug-likeness (QED) is 0.731. The molecule has 1 amide bonds. The smallest absolute Gasteiger partial charge is 0.253 e. The fourth-order valence-electron chi connectivity index (χ4n) is 3.97. The van der Waals surface area contributed by atoms with Crippen molar-refractivity contribution in [2.24, 2.45) is 7.05 Å². The molecule has 1 aromatic heterocycles. The lowest BCUT2D eigenvalue weighted by atomic mass is 9.90. The maximum Gasteiger partial charge on any atom is 0.253 e. The average molecular weight is 415 g/mol. The van der Waals surface area contributed by atoms with E-state index < -0.39 is 6.04 Å². The van der Waals surface area contributed by atoms with Crippen molar-refractivity contribution in [3.63, 3.8) is 0 Å². The number of nitrogens with one attached hydrogen (secondary N) is 2. The zero-order valence-corrected chi connectivity index (χ0v) is 18.5. The van der Waals surface area contributed by atoms with Crippen LogP contribution in [-0.4, -0.2) is 56.8 Å². The first-order valence-electron chi connectivity index (χ1n) is 9.87. The zero-order chi connectivity index (χ0) is 22.0. The molecule has 8 nitrogen and oxygen atoms in total. The van der Waals surface area contributed by atoms with E-state index in [1.807, 2.05) is 32.4 Å². The fraction of sp³-hybridized carbons (Fsp3) is 0.455. The number of hydrogen-bond donors (Lipinski definition) is 2. The molecule has 3 rings (SSSR count). The van der Waals surface area contributed by atoms with Crippen LogP contribution in [0.25, 0.3) is 11.1 Å². The van der Waals surface area contributed by atoms with Gasteiger partial charge in [-0.1, -0.05) is 0 Å². The maximum atomic E-state index is 12.8. The highest BCUT2D eigenvalue weighted by Gasteiger charge is 2.28. The Morgan fingerprint density at radius 3 is 2.40 bits per heavy atom. The first kappa shape index (κ1) is 21.9. The minimum Gasteiger partial charge on any atom is -0.496 e. The number of carbonyl (C=O) groups is 1. The third-order valence-corrected chi connectivity index (χ3v) is 5.48. The number of fused-ring (bicyclic) bond motifs is 1. The van der Waals surface area contributed by atoms with E-state index in [2.05, 4.69) is 15.5 Å². The monoisotopic (exact) mass is 414 g/mol. The maximum absolute atomic E-state index is 12.8. The van der Waals surface area contributed by atoms with E-state index in [4.69, 9.17) is 9.47 Å². The first-order valence-corrected chi connectivity index (χ1v) is 9.87. The number of hydrogen-bond acceptors (Lipinski definition) is 6. The van der Waals surface area contributed by atoms with Crippen LogP contribution in [0.15, 0.2) is 23.1 Å². The first-order chi connectivity index (χ1) is 14.3. The van der Waals surface area contributed by atoms with Crippen molar-refractivity contribution in [2.45, 2.75) is 25.6 Å². The van der Waals surface area contributed by atoms with E-state index in [0.29, 0.717) is 25.1 Å². The van der Waals surface area contributed by atoms with Gasteiger partial charge in [-0.25, -0.2) is 0 Å². The van der Waals surface area contributed by atoms with Gasteiger partial charge in [-0.15, -0.1) is 0 Å². The lowest BCUT2D eigenvalue weighted by Gasteiger charge is -2.27. The van der Waals surface area contributed by atoms with Crippen LogP contribution in [-0.2, 0) is 31.4 Å². The summed E-state index contributed by atoms with van der Waals surface area (Å²) in [7, 11) is 10.6. The molecule has 0 bridgehead atoms. The standard InChI is InChI=1S/C22H30N4O4/c1-23-21(27)18-9-14-15(10-24-18)16(12-26(4)22(14)28)13-7-19(29-5)17(11-25(2)3)20(8-13)30-6/h7-8,12,18,24H,9-11H2,1-6H3,(H,23,27). The van der Waals surface area contributed by atoms with Crippen LogP contribution in [0.5, 0.6) is 11.5 Å². The Morgan fingerprint density at radius 1 is 1.23 bits per heavy atom. The molecule has 1 aromatic carbocycles. The number of nitrogens with zero attached hydrogens (tertiary/aromatic N) is 2. The van der Waals surface area contributed by atoms with Crippen molar-refractivity contribution >= 4 is 5.91 Å². The predicted molar refractivity (Wildman–Crippen MR) is 116 cm³/mol. The Bertz CT molecular complexity index is 988. The van der Waals surface area contributed by atoms with Crippen molar-refractivity contribution < 1.29 is 14.3 Å². The van der Waals surface area contributed by atoms with Gasteiger partial charge in [0.15, 0.2) is 0 Å². The van der Waals surface area contributed by atoms with E-state index in [-0.39, 0.29) is 11.5 Å². The Hall–Kier alpha value is -2.84. The number of carbonyl (C=O) groups excluding carboxylic acids is 1. The van der Waals surface area contributed by atoms with Gasteiger partial charge in [-0.3, -0.25) is 9.59 Å². The predicted octanol–water partition coefficient (Wildman–Crippen LogP) is 0.891. The number of aromatic nitrogens is 1. The fourth-order valence-corrected chi connectivity index (χ4v) is 3.97. The molecule has 162 valence electrons. The SMILES string of the molecule is CNC(=O)C1Cc2c(c(-c3cc(OC)c(CN(C)C)c(OC)c3)cn(C)c2=O)CN1. The second-order valence-corrected chi connectivity index (χ2v) is 7.76. The minimum atomic E-state index is -0.419. The molecule has 30 heavy (non-hydrogen) atoms. The second-order valence-electron chi connectivity index (χ2n) is 7.76. The number of likely N-dealkylation sites (N-methyl/N-ethyl adjacent to an activating group) is 1. The highest BCUT2D eigenvalue weighted by molar-refractivity contribution is 5.82. The molecule has 1 unspecified atom stereocenters. The molecule has 0 saturated heterocycles. The van der Waals surface area contributed by atoms with Gasteiger partial charge in [-0.2, -0.15) is 0 Å². The summed E-state index contributed by atoms with van der Waals surface area (Å²) in [5.74, 6) is 1.34. The van der Waals surface area contributed by atoms with Crippen LogP contribution < -0.4 is 25.7 Å². The number of benzene rings is 1. The third kappa shape index (κ3) is 4.06. The lowest BCUT2D eigenvalue weighted by molar-refractivity contribution is -0.122. The van der Waals surface area contributed by atoms with Gasteiger partial charge >= 0.3 is 0 Å². The summed E-state index contributed by atoms with van der Waals surface area (Å²) in [5.41, 5.74) is 4.28. The van der Waals surface area contributed by atoms with Gasteiger partial charge in [0.2, 0.25) is 5.91 Å². The van der Waals surface area contributed by atoms with Crippen molar-refractivity contribution in [2.75, 3.05) is 35.4 Å². The summed E-state index contributed by atoms with van der Waals surface area (Å²) in [6.45, 7) is 1.11. The van der Waals surface area contributed by atoms with Crippen LogP contribution in [0.3, 0.4) is 0 Å². The molecule has 1 aliphatic rings. The number of rotatable bonds is 6. The molecular formula is C22H30N4O4. The highest BCUT2D eigenvalue weighted by Crippen LogP contribution is 2.37. The summed E-state index contributed by atoms with van der Waals surface area (Å²) in [4.78, 5) is 27.0. The Morgan fingerprint density at radius 2 is 1.87 bits per heavy atom. The molecule has 1 atom stereocenters. The van der Waals surface area contributed by atoms with E-state index in [0.717, 1.165) is 33.8 Å². The number of pyridine rings is 1. The van der Waals surface area contributed by atoms with Crippen molar-refractivity contribution in [1.82, 2.24) is 20.1 Å². The molecular weight excluding hydrogens is 384 g/mol. The van der Waals surface area contributed by atoms with E-state index >= 15 is 0 Å². The summed E-state index contributed by atoms with van der Waals surface area (Å²) < 4.78 is 12.9. The Balaban J connectivity index is 2.17. The minimum absolute atomic E-state index is 0.0766. The van der Waals surface area contributed by atoms with Crippen LogP contribution in [0.2, 0.25) is 0 Å². The molecule has 0 saturated carbocycles. The molecule has 2 N–H and O–H groups in total. The van der Waals surface area contributed by atoms with Crippen molar-refractivity contribution in [3.8, 4) is 22.6 Å². The van der Waals surface area contributed by atoms with Gasteiger partial charge in [-0.05, 0) is 37.4 Å². The van der Waals surface area contributed by atoms with Gasteiger partial charge < -0.3 is 29.6 Å². The van der Waals surface area contributed by atoms with E-state index in [1.54, 1.807) is 32.9 Å². The Kier molecular flexibility index (Phi) is 6.48. The molecule has 2 heterocycles. The summed E-state index contributed by atoms with van der Waals surface area (Å²) >= 11 is 0. The zero-order valence-electron chi connectivity index (χ0n) is 18.5. The van der Waals surface area contributed by atoms with Crippen molar-refractivity contribution in [1.29, 1.82) is 0 Å². The van der Waals surface area contributed by atoms with Crippen molar-refractivity contribution in [3.05, 3.63) is 45.4 Å². The summed E-state index contributed by atoms with van der Waals surface area (Å²) in [6.07, 6.45) is 2.19. The molecule has 0 spiro atoms. The number of amides is 1. The van der Waals surface area contributed by atoms with Gasteiger partial charge in [0, 0.05) is 50.9 Å². The molecule has 0 radical (unpaired) electrons. The largest absolute Gasteiger partial charge is 0.496 e. The molecule has 0 aliphatic carbocycles. The lowest BCUT2D eigenvalue weighted by Crippen LogP contribution is -2.48. The highest BCUT2D eigenvalue weighted by atomic mass is 16.5. The Labute approximate surface area is 176 Å². The van der Waals surface area contributed by atoms with E-state index in [9.17, 15) is 9.59 Å². The average Bonchev–Trinajstić information content (AvgIpc) is 2.75.